The summed E-state index contributed by atoms with van der Waals surface area (Å²) in [6, 6.07) is 5.32. The molecule has 0 aliphatic heterocycles. The van der Waals surface area contributed by atoms with Crippen molar-refractivity contribution < 1.29 is 18.1 Å². The van der Waals surface area contributed by atoms with Gasteiger partial charge >= 0.3 is 6.18 Å². The summed E-state index contributed by atoms with van der Waals surface area (Å²) < 4.78 is 36.8. The molecule has 1 aromatic heterocycles. The fourth-order valence-corrected chi connectivity index (χ4v) is 2.70. The van der Waals surface area contributed by atoms with Crippen molar-refractivity contribution in [3.8, 4) is 0 Å². The highest BCUT2D eigenvalue weighted by Crippen LogP contribution is 2.25. The van der Waals surface area contributed by atoms with E-state index in [0.29, 0.717) is 11.4 Å². The van der Waals surface area contributed by atoms with Crippen LogP contribution in [0.15, 0.2) is 29.6 Å². The molecule has 0 spiro atoms. The summed E-state index contributed by atoms with van der Waals surface area (Å²) >= 11 is 1.08. The maximum Gasteiger partial charge on any atom is 0.394 e. The fraction of sp³-hybridized carbons (Fsp3) is 0.308. The molecule has 0 unspecified atom stereocenters. The van der Waals surface area contributed by atoms with Gasteiger partial charge in [-0.25, -0.2) is 4.98 Å². The highest BCUT2D eigenvalue weighted by molar-refractivity contribution is 7.09. The van der Waals surface area contributed by atoms with Crippen LogP contribution >= 0.6 is 11.3 Å². The molecule has 1 heterocycles. The van der Waals surface area contributed by atoms with E-state index in [-0.39, 0.29) is 11.4 Å². The number of alkyl halides is 3. The van der Waals surface area contributed by atoms with Gasteiger partial charge in [0.15, 0.2) is 0 Å². The third-order valence-electron chi connectivity index (χ3n) is 2.87. The number of nitrogens with two attached hydrogens (primary N) is 1. The number of hydrogen-bond acceptors (Lipinski definition) is 5. The van der Waals surface area contributed by atoms with Crippen LogP contribution in [0.1, 0.15) is 22.3 Å². The molecule has 1 aromatic carbocycles. The standard InChI is InChI=1S/C13H12F3N3O2S/c14-13(15,16)6-9-7-22-12(18-9)11(17)5-8-1-3-10(4-2-8)19(20)21/h1-4,7,11H,5-6,17H2/t11-/m0/s1. The third kappa shape index (κ3) is 4.50. The lowest BCUT2D eigenvalue weighted by atomic mass is 10.1. The van der Waals surface area contributed by atoms with Crippen LogP contribution in [0.2, 0.25) is 0 Å². The van der Waals surface area contributed by atoms with Crippen LogP contribution in [-0.2, 0) is 12.8 Å². The smallest absolute Gasteiger partial charge is 0.322 e. The zero-order chi connectivity index (χ0) is 16.3. The summed E-state index contributed by atoms with van der Waals surface area (Å²) in [5.41, 5.74) is 6.61. The topological polar surface area (TPSA) is 82.0 Å². The second kappa shape index (κ2) is 6.41. The highest BCUT2D eigenvalue weighted by Gasteiger charge is 2.29. The van der Waals surface area contributed by atoms with Crippen molar-refractivity contribution in [3.05, 3.63) is 56.0 Å². The van der Waals surface area contributed by atoms with Gasteiger partial charge in [0, 0.05) is 17.5 Å². The molecule has 5 nitrogen and oxygen atoms in total. The van der Waals surface area contributed by atoms with Gasteiger partial charge in [0.1, 0.15) is 5.01 Å². The second-order valence-electron chi connectivity index (χ2n) is 4.70. The molecule has 1 atom stereocenters. The fourth-order valence-electron chi connectivity index (χ4n) is 1.87. The lowest BCUT2D eigenvalue weighted by molar-refractivity contribution is -0.384. The Morgan fingerprint density at radius 2 is 1.95 bits per heavy atom. The zero-order valence-corrected chi connectivity index (χ0v) is 12.0. The van der Waals surface area contributed by atoms with Crippen molar-refractivity contribution in [1.29, 1.82) is 0 Å². The van der Waals surface area contributed by atoms with E-state index in [1.165, 1.54) is 17.5 Å². The first kappa shape index (κ1) is 16.4. The predicted octanol–water partition coefficient (Wildman–Crippen LogP) is 3.40. The number of nitro groups is 1. The molecule has 118 valence electrons. The first-order valence-electron chi connectivity index (χ1n) is 6.24. The third-order valence-corrected chi connectivity index (χ3v) is 3.90. The summed E-state index contributed by atoms with van der Waals surface area (Å²) in [7, 11) is 0. The highest BCUT2D eigenvalue weighted by atomic mass is 32.1. The minimum absolute atomic E-state index is 0.0287. The molecule has 2 rings (SSSR count). The summed E-state index contributed by atoms with van der Waals surface area (Å²) in [4.78, 5) is 14.0. The molecule has 0 fully saturated rings. The van der Waals surface area contributed by atoms with Gasteiger partial charge in [-0.05, 0) is 12.0 Å². The van der Waals surface area contributed by atoms with Gasteiger partial charge in [0.2, 0.25) is 0 Å². The van der Waals surface area contributed by atoms with Gasteiger partial charge in [0.05, 0.1) is 23.1 Å². The molecule has 2 aromatic rings. The number of thiazole rings is 1. The molecule has 0 aliphatic carbocycles. The normalized spacial score (nSPS) is 13.1. The van der Waals surface area contributed by atoms with E-state index in [2.05, 4.69) is 4.98 Å². The lowest BCUT2D eigenvalue weighted by Crippen LogP contribution is -2.15. The van der Waals surface area contributed by atoms with Gasteiger partial charge in [0.25, 0.3) is 5.69 Å². The molecule has 0 saturated carbocycles. The van der Waals surface area contributed by atoms with E-state index in [1.54, 1.807) is 12.1 Å². The number of rotatable bonds is 5. The monoisotopic (exact) mass is 331 g/mol. The van der Waals surface area contributed by atoms with Crippen molar-refractivity contribution in [1.82, 2.24) is 4.98 Å². The molecule has 0 saturated heterocycles. The quantitative estimate of drug-likeness (QED) is 0.672. The SMILES string of the molecule is N[C@@H](Cc1ccc([N+](=O)[O-])cc1)c1nc(CC(F)(F)F)cs1. The first-order valence-corrected chi connectivity index (χ1v) is 7.12. The van der Waals surface area contributed by atoms with E-state index in [1.807, 2.05) is 0 Å². The van der Waals surface area contributed by atoms with Crippen LogP contribution in [0.5, 0.6) is 0 Å². The van der Waals surface area contributed by atoms with Gasteiger partial charge < -0.3 is 5.73 Å². The number of nitrogens with zero attached hydrogens (tertiary/aromatic N) is 2. The van der Waals surface area contributed by atoms with E-state index in [0.717, 1.165) is 16.9 Å². The Kier molecular flexibility index (Phi) is 4.77. The molecular weight excluding hydrogens is 319 g/mol. The number of halogens is 3. The molecule has 0 amide bonds. The van der Waals surface area contributed by atoms with E-state index in [9.17, 15) is 23.3 Å². The molecule has 9 heteroatoms. The Labute approximate surface area is 127 Å². The van der Waals surface area contributed by atoms with E-state index >= 15 is 0 Å². The summed E-state index contributed by atoms with van der Waals surface area (Å²) in [6.07, 6.45) is -5.03. The van der Waals surface area contributed by atoms with Crippen LogP contribution in [0, 0.1) is 10.1 Å². The molecular formula is C13H12F3N3O2S. The Morgan fingerprint density at radius 3 is 2.50 bits per heavy atom. The minimum Gasteiger partial charge on any atom is -0.322 e. The Balaban J connectivity index is 2.02. The molecule has 0 aliphatic rings. The largest absolute Gasteiger partial charge is 0.394 e. The van der Waals surface area contributed by atoms with Crippen LogP contribution in [0.25, 0.3) is 0 Å². The maximum atomic E-state index is 12.3. The van der Waals surface area contributed by atoms with E-state index in [4.69, 9.17) is 5.73 Å². The Bertz CT molecular complexity index is 655. The summed E-state index contributed by atoms with van der Waals surface area (Å²) in [5, 5.41) is 12.3. The van der Waals surface area contributed by atoms with Gasteiger partial charge in [-0.2, -0.15) is 13.2 Å². The predicted molar refractivity (Wildman–Crippen MR) is 75.6 cm³/mol. The number of aromatic nitrogens is 1. The van der Waals surface area contributed by atoms with Crippen LogP contribution < -0.4 is 5.73 Å². The van der Waals surface area contributed by atoms with Crippen LogP contribution in [-0.4, -0.2) is 16.1 Å². The number of nitro benzene ring substituents is 1. The summed E-state index contributed by atoms with van der Waals surface area (Å²) in [5.74, 6) is 0. The summed E-state index contributed by atoms with van der Waals surface area (Å²) in [6.45, 7) is 0. The zero-order valence-electron chi connectivity index (χ0n) is 11.2. The molecule has 0 radical (unpaired) electrons. The van der Waals surface area contributed by atoms with Crippen LogP contribution in [0.4, 0.5) is 18.9 Å². The van der Waals surface area contributed by atoms with Crippen molar-refractivity contribution in [3.63, 3.8) is 0 Å². The second-order valence-corrected chi connectivity index (χ2v) is 5.59. The van der Waals surface area contributed by atoms with Crippen molar-refractivity contribution in [2.75, 3.05) is 0 Å². The van der Waals surface area contributed by atoms with Crippen molar-refractivity contribution in [2.45, 2.75) is 25.1 Å². The average molecular weight is 331 g/mol. The van der Waals surface area contributed by atoms with E-state index < -0.39 is 23.6 Å². The number of hydrogen-bond donors (Lipinski definition) is 1. The molecule has 0 bridgehead atoms. The maximum absolute atomic E-state index is 12.3. The Morgan fingerprint density at radius 1 is 1.32 bits per heavy atom. The number of benzene rings is 1. The van der Waals surface area contributed by atoms with Crippen LogP contribution in [0.3, 0.4) is 0 Å². The average Bonchev–Trinajstić information content (AvgIpc) is 2.85. The van der Waals surface area contributed by atoms with Gasteiger partial charge in [-0.3, -0.25) is 10.1 Å². The van der Waals surface area contributed by atoms with Gasteiger partial charge in [-0.15, -0.1) is 11.3 Å². The number of non-ortho nitro benzene ring substituents is 1. The molecule has 2 N–H and O–H groups in total. The molecule has 22 heavy (non-hydrogen) atoms. The van der Waals surface area contributed by atoms with Gasteiger partial charge in [-0.1, -0.05) is 12.1 Å². The van der Waals surface area contributed by atoms with Crippen molar-refractivity contribution >= 4 is 17.0 Å². The van der Waals surface area contributed by atoms with Crippen molar-refractivity contribution in [2.24, 2.45) is 5.73 Å². The first-order chi connectivity index (χ1) is 10.2. The lowest BCUT2D eigenvalue weighted by Gasteiger charge is -2.08. The minimum atomic E-state index is -4.30. The Hall–Kier alpha value is -2.00.